The van der Waals surface area contributed by atoms with Gasteiger partial charge < -0.3 is 24.8 Å². The molecule has 4 aliphatic carbocycles. The second kappa shape index (κ2) is 9.16. The van der Waals surface area contributed by atoms with Crippen molar-refractivity contribution >= 4 is 5.97 Å². The Morgan fingerprint density at radius 2 is 1.81 bits per heavy atom. The molecule has 32 heavy (non-hydrogen) atoms. The predicted octanol–water partition coefficient (Wildman–Crippen LogP) is 3.51. The normalized spacial score (nSPS) is 49.0. The van der Waals surface area contributed by atoms with Crippen molar-refractivity contribution < 1.29 is 29.6 Å². The molecule has 4 aliphatic rings. The first-order chi connectivity index (χ1) is 15.1. The molecule has 0 bridgehead atoms. The summed E-state index contributed by atoms with van der Waals surface area (Å²) in [6.07, 6.45) is 6.35. The van der Waals surface area contributed by atoms with Gasteiger partial charge in [-0.05, 0) is 97.7 Å². The van der Waals surface area contributed by atoms with Crippen LogP contribution in [-0.2, 0) is 14.3 Å². The fourth-order valence-electron chi connectivity index (χ4n) is 8.88. The number of hydrogen-bond donors (Lipinski definition) is 3. The highest BCUT2D eigenvalue weighted by Crippen LogP contribution is 2.68. The van der Waals surface area contributed by atoms with E-state index in [0.717, 1.165) is 51.4 Å². The van der Waals surface area contributed by atoms with Crippen LogP contribution in [0, 0.1) is 46.3 Å². The first-order valence-electron chi connectivity index (χ1n) is 12.8. The molecular weight excluding hydrogens is 408 g/mol. The maximum absolute atomic E-state index is 12.0. The molecule has 0 aliphatic heterocycles. The molecule has 4 fully saturated rings. The first kappa shape index (κ1) is 24.4. The van der Waals surface area contributed by atoms with Crippen molar-refractivity contribution in [2.24, 2.45) is 46.3 Å². The Hall–Kier alpha value is -0.690. The maximum atomic E-state index is 12.0. The van der Waals surface area contributed by atoms with Gasteiger partial charge in [-0.15, -0.1) is 0 Å². The minimum Gasteiger partial charge on any atom is -0.438 e. The van der Waals surface area contributed by atoms with E-state index in [-0.39, 0.29) is 41.7 Å². The van der Waals surface area contributed by atoms with Crippen molar-refractivity contribution in [3.63, 3.8) is 0 Å². The highest BCUT2D eigenvalue weighted by molar-refractivity contribution is 5.69. The summed E-state index contributed by atoms with van der Waals surface area (Å²) in [5.41, 5.74) is -0.129. The number of carbonyl (C=O) groups is 1. The van der Waals surface area contributed by atoms with Gasteiger partial charge in [-0.1, -0.05) is 20.8 Å². The number of esters is 1. The van der Waals surface area contributed by atoms with Gasteiger partial charge in [0.25, 0.3) is 0 Å². The molecule has 0 amide bonds. The molecular formula is C26H44O6. The van der Waals surface area contributed by atoms with E-state index in [4.69, 9.17) is 9.47 Å². The average Bonchev–Trinajstić information content (AvgIpc) is 3.11. The van der Waals surface area contributed by atoms with Crippen LogP contribution in [0.4, 0.5) is 0 Å². The van der Waals surface area contributed by atoms with Crippen LogP contribution in [0.25, 0.3) is 0 Å². The Morgan fingerprint density at radius 1 is 1.06 bits per heavy atom. The molecule has 0 aromatic carbocycles. The molecule has 0 saturated heterocycles. The predicted molar refractivity (Wildman–Crippen MR) is 120 cm³/mol. The van der Waals surface area contributed by atoms with E-state index in [1.54, 1.807) is 0 Å². The number of ether oxygens (including phenoxy) is 2. The summed E-state index contributed by atoms with van der Waals surface area (Å²) in [4.78, 5) is 12.0. The summed E-state index contributed by atoms with van der Waals surface area (Å²) in [5, 5.41) is 33.2. The molecule has 3 N–H and O–H groups in total. The molecule has 184 valence electrons. The van der Waals surface area contributed by atoms with Crippen molar-refractivity contribution in [3.8, 4) is 0 Å². The number of aliphatic hydroxyl groups excluding tert-OH is 3. The van der Waals surface area contributed by atoms with Crippen molar-refractivity contribution in [3.05, 3.63) is 0 Å². The van der Waals surface area contributed by atoms with Crippen LogP contribution in [0.2, 0.25) is 0 Å². The molecule has 0 heterocycles. The SMILES string of the molecule is COCOC(=O)CCC(C)C1CCC2C3C(C[C@H](O)[C@]12C)[C@@]1(C)CC[C@@H](O)CC1C[C@H]3O. The largest absolute Gasteiger partial charge is 0.438 e. The van der Waals surface area contributed by atoms with E-state index < -0.39 is 6.10 Å². The summed E-state index contributed by atoms with van der Waals surface area (Å²) in [6.45, 7) is 6.82. The highest BCUT2D eigenvalue weighted by atomic mass is 16.7. The average molecular weight is 453 g/mol. The van der Waals surface area contributed by atoms with Crippen molar-refractivity contribution in [2.45, 2.75) is 96.9 Å². The lowest BCUT2D eigenvalue weighted by Crippen LogP contribution is -2.62. The molecule has 6 heteroatoms. The van der Waals surface area contributed by atoms with Crippen molar-refractivity contribution in [1.82, 2.24) is 0 Å². The third-order valence-corrected chi connectivity index (χ3v) is 10.7. The fraction of sp³-hybridized carbons (Fsp3) is 0.962. The third kappa shape index (κ3) is 3.93. The Morgan fingerprint density at radius 3 is 2.53 bits per heavy atom. The van der Waals surface area contributed by atoms with E-state index in [2.05, 4.69) is 20.8 Å². The molecule has 4 saturated carbocycles. The van der Waals surface area contributed by atoms with Gasteiger partial charge in [-0.25, -0.2) is 0 Å². The summed E-state index contributed by atoms with van der Waals surface area (Å²) in [5.74, 6) is 1.60. The third-order valence-electron chi connectivity index (χ3n) is 10.7. The van der Waals surface area contributed by atoms with Crippen LogP contribution < -0.4 is 0 Å². The van der Waals surface area contributed by atoms with Crippen LogP contribution in [0.15, 0.2) is 0 Å². The standard InChI is InChI=1S/C26H44O6/c1-15(5-8-23(30)32-14-31-4)18-6-7-19-24-20(13-22(29)26(18,19)3)25(2)10-9-17(27)11-16(25)12-21(24)28/h15-22,24,27-29H,5-14H2,1-4H3/t15?,16?,17-,18?,19?,20?,21-,22+,24?,25+,26-/m1/s1. The summed E-state index contributed by atoms with van der Waals surface area (Å²) in [6, 6.07) is 0. The minimum absolute atomic E-state index is 0.00705. The van der Waals surface area contributed by atoms with Gasteiger partial charge in [0.05, 0.1) is 18.3 Å². The number of rotatable bonds is 6. The van der Waals surface area contributed by atoms with Crippen molar-refractivity contribution in [2.75, 3.05) is 13.9 Å². The van der Waals surface area contributed by atoms with E-state index in [0.29, 0.717) is 36.0 Å². The quantitative estimate of drug-likeness (QED) is 0.422. The zero-order valence-corrected chi connectivity index (χ0v) is 20.3. The van der Waals surface area contributed by atoms with Gasteiger partial charge >= 0.3 is 5.97 Å². The Labute approximate surface area is 193 Å². The molecule has 4 rings (SSSR count). The van der Waals surface area contributed by atoms with Crippen LogP contribution >= 0.6 is 0 Å². The second-order valence-corrected chi connectivity index (χ2v) is 12.0. The van der Waals surface area contributed by atoms with Gasteiger partial charge in [-0.3, -0.25) is 4.79 Å². The van der Waals surface area contributed by atoms with E-state index >= 15 is 0 Å². The lowest BCUT2D eigenvalue weighted by Gasteiger charge is -2.63. The van der Waals surface area contributed by atoms with Crippen LogP contribution in [-0.4, -0.2) is 53.5 Å². The van der Waals surface area contributed by atoms with Crippen LogP contribution in [0.5, 0.6) is 0 Å². The Balaban J connectivity index is 1.51. The Kier molecular flexibility index (Phi) is 7.00. The molecule has 0 aromatic heterocycles. The summed E-state index contributed by atoms with van der Waals surface area (Å²) >= 11 is 0. The van der Waals surface area contributed by atoms with E-state index in [1.165, 1.54) is 7.11 Å². The van der Waals surface area contributed by atoms with Crippen LogP contribution in [0.3, 0.4) is 0 Å². The van der Waals surface area contributed by atoms with Gasteiger partial charge in [0, 0.05) is 13.5 Å². The Bertz CT molecular complexity index is 683. The van der Waals surface area contributed by atoms with E-state index in [1.807, 2.05) is 0 Å². The molecule has 6 unspecified atom stereocenters. The first-order valence-corrected chi connectivity index (χ1v) is 12.8. The second-order valence-electron chi connectivity index (χ2n) is 12.0. The molecule has 11 atom stereocenters. The van der Waals surface area contributed by atoms with Crippen molar-refractivity contribution in [1.29, 1.82) is 0 Å². The number of hydrogen-bond acceptors (Lipinski definition) is 6. The number of methoxy groups -OCH3 is 1. The topological polar surface area (TPSA) is 96.2 Å². The zero-order valence-electron chi connectivity index (χ0n) is 20.3. The highest BCUT2D eigenvalue weighted by Gasteiger charge is 2.65. The zero-order chi connectivity index (χ0) is 23.3. The van der Waals surface area contributed by atoms with Gasteiger partial charge in [-0.2, -0.15) is 0 Å². The lowest BCUT2D eigenvalue weighted by molar-refractivity contribution is -0.207. The lowest BCUT2D eigenvalue weighted by atomic mass is 9.43. The molecule has 0 radical (unpaired) electrons. The monoisotopic (exact) mass is 452 g/mol. The van der Waals surface area contributed by atoms with Gasteiger partial charge in [0.1, 0.15) is 0 Å². The minimum atomic E-state index is -0.390. The van der Waals surface area contributed by atoms with E-state index in [9.17, 15) is 20.1 Å². The van der Waals surface area contributed by atoms with Crippen LogP contribution in [0.1, 0.15) is 78.6 Å². The summed E-state index contributed by atoms with van der Waals surface area (Å²) < 4.78 is 9.87. The smallest absolute Gasteiger partial charge is 0.307 e. The molecule has 6 nitrogen and oxygen atoms in total. The number of carbonyl (C=O) groups excluding carboxylic acids is 1. The maximum Gasteiger partial charge on any atom is 0.307 e. The van der Waals surface area contributed by atoms with Gasteiger partial charge in [0.15, 0.2) is 6.79 Å². The number of aliphatic hydroxyl groups is 3. The van der Waals surface area contributed by atoms with Gasteiger partial charge in [0.2, 0.25) is 0 Å². The number of fused-ring (bicyclic) bond motifs is 5. The molecule has 0 aromatic rings. The summed E-state index contributed by atoms with van der Waals surface area (Å²) in [7, 11) is 1.50. The molecule has 0 spiro atoms. The fourth-order valence-corrected chi connectivity index (χ4v) is 8.88.